The van der Waals surface area contributed by atoms with Crippen LogP contribution in [0.25, 0.3) is 0 Å². The van der Waals surface area contributed by atoms with Crippen molar-refractivity contribution in [1.29, 1.82) is 0 Å². The number of allylic oxidation sites excluding steroid dienone is 6. The summed E-state index contributed by atoms with van der Waals surface area (Å²) < 4.78 is 0. The number of amides is 1. The molecule has 8 heteroatoms. The highest BCUT2D eigenvalue weighted by molar-refractivity contribution is 5.96. The third-order valence-electron chi connectivity index (χ3n) is 7.48. The molecule has 0 spiro atoms. The summed E-state index contributed by atoms with van der Waals surface area (Å²) in [4.78, 5) is 31.0. The maximum atomic E-state index is 12.3. The summed E-state index contributed by atoms with van der Waals surface area (Å²) in [6.07, 6.45) is 25.1. The number of carbonyl (C=O) groups is 1. The molecule has 6 aliphatic rings. The molecule has 4 bridgehead atoms. The fraction of sp³-hybridized carbons (Fsp3) is 0.457. The highest BCUT2D eigenvalue weighted by atomic mass is 16.1. The molecule has 228 valence electrons. The number of rotatable bonds is 6. The van der Waals surface area contributed by atoms with Crippen molar-refractivity contribution in [2.45, 2.75) is 51.0 Å². The van der Waals surface area contributed by atoms with Crippen molar-refractivity contribution in [1.82, 2.24) is 16.0 Å². The van der Waals surface area contributed by atoms with Gasteiger partial charge in [0.25, 0.3) is 5.91 Å². The van der Waals surface area contributed by atoms with Crippen molar-refractivity contribution in [3.63, 3.8) is 0 Å². The topological polar surface area (TPSA) is 103 Å². The minimum absolute atomic E-state index is 0.0325. The summed E-state index contributed by atoms with van der Waals surface area (Å²) in [5.74, 6) is 0.0325. The van der Waals surface area contributed by atoms with Crippen molar-refractivity contribution >= 4 is 30.8 Å². The van der Waals surface area contributed by atoms with Gasteiger partial charge in [0, 0.05) is 63.2 Å². The van der Waals surface area contributed by atoms with Gasteiger partial charge in [-0.1, -0.05) is 54.6 Å². The smallest absolute Gasteiger partial charge is 0.250 e. The minimum atomic E-state index is 0.0325. The first-order valence-electron chi connectivity index (χ1n) is 15.8. The SMILES string of the molecule is O=C(NCCCCC1CNCCN=Cc2ccc(cc2)C=NCCNCCN=CC2=CC=C(C=N1)CC2)C1=CCCC=C1. The van der Waals surface area contributed by atoms with Crippen LogP contribution in [-0.2, 0) is 4.79 Å². The number of aliphatic imine (C=N–C) groups is 4. The van der Waals surface area contributed by atoms with Crippen LogP contribution in [-0.4, -0.2) is 89.2 Å². The van der Waals surface area contributed by atoms with E-state index in [0.717, 1.165) is 101 Å². The molecule has 7 rings (SSSR count). The lowest BCUT2D eigenvalue weighted by atomic mass is 9.99. The quantitative estimate of drug-likeness (QED) is 0.433. The van der Waals surface area contributed by atoms with Gasteiger partial charge in [-0.3, -0.25) is 24.8 Å². The van der Waals surface area contributed by atoms with E-state index in [1.54, 1.807) is 0 Å². The van der Waals surface area contributed by atoms with Gasteiger partial charge in [-0.25, -0.2) is 0 Å². The van der Waals surface area contributed by atoms with Crippen molar-refractivity contribution in [2.75, 3.05) is 52.4 Å². The predicted molar refractivity (Wildman–Crippen MR) is 181 cm³/mol. The average molecular weight is 582 g/mol. The number of nitrogens with zero attached hydrogens (tertiary/aromatic N) is 4. The standard InChI is InChI=1S/C35H47N7O/c43-35(33-6-2-1-3-7-33)41-17-5-4-8-34-28-40-23-22-39-26-30-11-9-29(10-12-30)24-37-20-18-36-19-21-38-25-31-13-15-32(16-14-31)27-42-34/h2,6-7,9-13,15,24-27,34,36,40H,1,3-5,8,14,16-23,28H2,(H,41,43). The Balaban J connectivity index is 1.30. The first-order chi connectivity index (χ1) is 21.3. The lowest BCUT2D eigenvalue weighted by molar-refractivity contribution is -0.117. The van der Waals surface area contributed by atoms with Gasteiger partial charge in [-0.05, 0) is 67.2 Å². The van der Waals surface area contributed by atoms with Gasteiger partial charge in [0.1, 0.15) is 0 Å². The van der Waals surface area contributed by atoms with E-state index in [4.69, 9.17) is 4.99 Å². The first-order valence-corrected chi connectivity index (χ1v) is 15.8. The molecule has 3 N–H and O–H groups in total. The molecule has 43 heavy (non-hydrogen) atoms. The predicted octanol–water partition coefficient (Wildman–Crippen LogP) is 4.44. The largest absolute Gasteiger partial charge is 0.352 e. The van der Waals surface area contributed by atoms with Crippen LogP contribution >= 0.6 is 0 Å². The Hall–Kier alpha value is -3.75. The molecule has 4 aliphatic heterocycles. The summed E-state index contributed by atoms with van der Waals surface area (Å²) in [5.41, 5.74) is 5.48. The van der Waals surface area contributed by atoms with Crippen LogP contribution < -0.4 is 16.0 Å². The third-order valence-corrected chi connectivity index (χ3v) is 7.48. The maximum absolute atomic E-state index is 12.3. The molecular formula is C35H47N7O. The number of benzene rings is 1. The van der Waals surface area contributed by atoms with Crippen molar-refractivity contribution in [3.8, 4) is 0 Å². The van der Waals surface area contributed by atoms with Gasteiger partial charge in [-0.15, -0.1) is 0 Å². The van der Waals surface area contributed by atoms with Crippen LogP contribution in [0.2, 0.25) is 0 Å². The van der Waals surface area contributed by atoms with Crippen LogP contribution in [0.3, 0.4) is 0 Å². The molecule has 4 heterocycles. The Bertz CT molecular complexity index is 1250. The van der Waals surface area contributed by atoms with E-state index >= 15 is 0 Å². The average Bonchev–Trinajstić information content (AvgIpc) is 3.05. The third kappa shape index (κ3) is 13.0. The lowest BCUT2D eigenvalue weighted by Gasteiger charge is -2.15. The lowest BCUT2D eigenvalue weighted by Crippen LogP contribution is -2.29. The second kappa shape index (κ2) is 19.4. The molecule has 0 radical (unpaired) electrons. The van der Waals surface area contributed by atoms with E-state index in [2.05, 4.69) is 79.6 Å². The molecule has 2 aliphatic carbocycles. The zero-order valence-electron chi connectivity index (χ0n) is 25.4. The van der Waals surface area contributed by atoms with Crippen molar-refractivity contribution < 1.29 is 4.79 Å². The molecule has 0 saturated heterocycles. The monoisotopic (exact) mass is 581 g/mol. The Morgan fingerprint density at radius 2 is 1.44 bits per heavy atom. The summed E-state index contributed by atoms with van der Waals surface area (Å²) >= 11 is 0. The minimum Gasteiger partial charge on any atom is -0.352 e. The highest BCUT2D eigenvalue weighted by Gasteiger charge is 2.10. The molecule has 0 saturated carbocycles. The maximum Gasteiger partial charge on any atom is 0.250 e. The first kappa shape index (κ1) is 32.2. The molecule has 1 aromatic rings. The van der Waals surface area contributed by atoms with Gasteiger partial charge < -0.3 is 16.0 Å². The van der Waals surface area contributed by atoms with E-state index < -0.39 is 0 Å². The van der Waals surface area contributed by atoms with Gasteiger partial charge in [0.15, 0.2) is 0 Å². The fourth-order valence-electron chi connectivity index (χ4n) is 4.92. The summed E-state index contributed by atoms with van der Waals surface area (Å²) in [6.45, 7) is 6.19. The molecule has 0 fully saturated rings. The van der Waals surface area contributed by atoms with Crippen LogP contribution in [0.5, 0.6) is 0 Å². The van der Waals surface area contributed by atoms with Crippen LogP contribution in [0, 0.1) is 0 Å². The number of hydrogen-bond acceptors (Lipinski definition) is 7. The zero-order valence-corrected chi connectivity index (χ0v) is 25.4. The molecule has 8 nitrogen and oxygen atoms in total. The van der Waals surface area contributed by atoms with Crippen molar-refractivity contribution in [2.24, 2.45) is 20.0 Å². The number of nitrogens with one attached hydrogen (secondary N) is 3. The van der Waals surface area contributed by atoms with E-state index in [1.165, 1.54) is 11.1 Å². The Kier molecular flexibility index (Phi) is 14.5. The number of carbonyl (C=O) groups excluding carboxylic acids is 1. The van der Waals surface area contributed by atoms with Gasteiger partial charge in [0.05, 0.1) is 25.7 Å². The fourth-order valence-corrected chi connectivity index (χ4v) is 4.92. The van der Waals surface area contributed by atoms with E-state index in [1.807, 2.05) is 30.8 Å². The Morgan fingerprint density at radius 3 is 2.09 bits per heavy atom. The van der Waals surface area contributed by atoms with Crippen molar-refractivity contribution in [3.05, 3.63) is 82.5 Å². The Morgan fingerprint density at radius 1 is 0.791 bits per heavy atom. The van der Waals surface area contributed by atoms with Gasteiger partial charge in [-0.2, -0.15) is 0 Å². The van der Waals surface area contributed by atoms with Gasteiger partial charge in [0.2, 0.25) is 0 Å². The van der Waals surface area contributed by atoms with Gasteiger partial charge >= 0.3 is 0 Å². The molecule has 1 atom stereocenters. The second-order valence-corrected chi connectivity index (χ2v) is 11.0. The number of hydrogen-bond donors (Lipinski definition) is 3. The summed E-state index contributed by atoms with van der Waals surface area (Å²) in [6, 6.07) is 8.48. The van der Waals surface area contributed by atoms with Crippen LogP contribution in [0.4, 0.5) is 0 Å². The Labute approximate surface area is 257 Å². The second-order valence-electron chi connectivity index (χ2n) is 11.0. The van der Waals surface area contributed by atoms with Crippen LogP contribution in [0.15, 0.2) is 91.3 Å². The van der Waals surface area contributed by atoms with Crippen LogP contribution in [0.1, 0.15) is 56.1 Å². The summed E-state index contributed by atoms with van der Waals surface area (Å²) in [7, 11) is 0. The van der Waals surface area contributed by atoms with E-state index in [-0.39, 0.29) is 11.9 Å². The molecular weight excluding hydrogens is 534 g/mol. The molecule has 1 amide bonds. The van der Waals surface area contributed by atoms with E-state index in [0.29, 0.717) is 13.1 Å². The zero-order chi connectivity index (χ0) is 29.8. The molecule has 0 aromatic heterocycles. The normalized spacial score (nSPS) is 20.5. The van der Waals surface area contributed by atoms with E-state index in [9.17, 15) is 4.79 Å². The highest BCUT2D eigenvalue weighted by Crippen LogP contribution is 2.16. The summed E-state index contributed by atoms with van der Waals surface area (Å²) in [5, 5.41) is 10.0. The number of unbranched alkanes of at least 4 members (excludes halogenated alkanes) is 1. The molecule has 1 aromatic carbocycles. The molecule has 1 unspecified atom stereocenters.